The Kier molecular flexibility index (Phi) is 3.36. The molecule has 5 heteroatoms. The number of amides is 1. The lowest BCUT2D eigenvalue weighted by Crippen LogP contribution is -2.25. The highest BCUT2D eigenvalue weighted by atomic mass is 35.5. The van der Waals surface area contributed by atoms with Crippen molar-refractivity contribution in [3.63, 3.8) is 0 Å². The minimum atomic E-state index is 0.158. The van der Waals surface area contributed by atoms with Crippen LogP contribution in [0.15, 0.2) is 12.1 Å². The lowest BCUT2D eigenvalue weighted by molar-refractivity contribution is -0.128. The molecule has 0 aliphatic carbocycles. The summed E-state index contributed by atoms with van der Waals surface area (Å²) in [4.78, 5) is 17.5. The van der Waals surface area contributed by atoms with Gasteiger partial charge in [-0.15, -0.1) is 0 Å². The normalized spacial score (nSPS) is 20.6. The van der Waals surface area contributed by atoms with Gasteiger partial charge in [0.05, 0.1) is 17.3 Å². The Balaban J connectivity index is 2.15. The molecule has 1 atom stereocenters. The number of rotatable bonds is 2. The maximum absolute atomic E-state index is 11.6. The summed E-state index contributed by atoms with van der Waals surface area (Å²) in [6, 6.07) is 3.35. The number of likely N-dealkylation sites (tertiary alicyclic amines) is 1. The first-order valence-corrected chi connectivity index (χ1v) is 5.90. The van der Waals surface area contributed by atoms with Crippen molar-refractivity contribution in [3.05, 3.63) is 28.0 Å². The average molecular weight is 259 g/mol. The topological polar surface area (TPSA) is 33.2 Å². The van der Waals surface area contributed by atoms with E-state index in [0.717, 1.165) is 6.54 Å². The third-order valence-corrected chi connectivity index (χ3v) is 3.19. The minimum absolute atomic E-state index is 0.158. The third kappa shape index (κ3) is 2.47. The molecule has 1 fully saturated rings. The molecule has 1 saturated heterocycles. The Morgan fingerprint density at radius 2 is 2.25 bits per heavy atom. The minimum Gasteiger partial charge on any atom is -0.336 e. The van der Waals surface area contributed by atoms with Gasteiger partial charge in [0.1, 0.15) is 5.15 Å². The largest absolute Gasteiger partial charge is 0.336 e. The van der Waals surface area contributed by atoms with E-state index in [1.54, 1.807) is 17.0 Å². The Labute approximate surface area is 104 Å². The number of hydrogen-bond donors (Lipinski definition) is 0. The van der Waals surface area contributed by atoms with Crippen molar-refractivity contribution in [2.75, 3.05) is 6.54 Å². The van der Waals surface area contributed by atoms with Crippen molar-refractivity contribution in [1.82, 2.24) is 9.88 Å². The number of carbonyl (C=O) groups excluding carboxylic acids is 1. The van der Waals surface area contributed by atoms with E-state index in [9.17, 15) is 4.79 Å². The molecule has 0 N–H and O–H groups in total. The molecule has 1 aliphatic heterocycles. The number of halogens is 2. The summed E-state index contributed by atoms with van der Waals surface area (Å²) in [5, 5.41) is 0.954. The molecule has 0 saturated carbocycles. The van der Waals surface area contributed by atoms with Crippen molar-refractivity contribution < 1.29 is 4.79 Å². The molecule has 0 spiro atoms. The third-order valence-electron chi connectivity index (χ3n) is 2.63. The second kappa shape index (κ2) is 4.60. The molecule has 0 aromatic carbocycles. The van der Waals surface area contributed by atoms with Gasteiger partial charge in [-0.05, 0) is 18.1 Å². The maximum Gasteiger partial charge on any atom is 0.223 e. The van der Waals surface area contributed by atoms with Crippen molar-refractivity contribution in [3.8, 4) is 0 Å². The molecule has 0 radical (unpaired) electrons. The van der Waals surface area contributed by atoms with E-state index in [-0.39, 0.29) is 5.91 Å². The second-order valence-electron chi connectivity index (χ2n) is 4.15. The lowest BCUT2D eigenvalue weighted by Gasteiger charge is -2.16. The van der Waals surface area contributed by atoms with Crippen LogP contribution in [0.25, 0.3) is 0 Å². The van der Waals surface area contributed by atoms with Crippen LogP contribution in [0.5, 0.6) is 0 Å². The predicted octanol–water partition coefficient (Wildman–Crippen LogP) is 2.76. The van der Waals surface area contributed by atoms with Crippen LogP contribution < -0.4 is 0 Å². The monoisotopic (exact) mass is 258 g/mol. The van der Waals surface area contributed by atoms with Crippen molar-refractivity contribution >= 4 is 29.1 Å². The van der Waals surface area contributed by atoms with Gasteiger partial charge in [0.25, 0.3) is 0 Å². The fourth-order valence-electron chi connectivity index (χ4n) is 1.87. The first-order valence-electron chi connectivity index (χ1n) is 5.15. The van der Waals surface area contributed by atoms with Gasteiger partial charge in [-0.3, -0.25) is 4.79 Å². The van der Waals surface area contributed by atoms with Crippen LogP contribution in [0.2, 0.25) is 10.2 Å². The van der Waals surface area contributed by atoms with Gasteiger partial charge in [0, 0.05) is 13.0 Å². The standard InChI is InChI=1S/C11H12Cl2N2O/c1-7-4-11(16)15(5-7)6-9-8(12)2-3-10(13)14-9/h2-3,7H,4-6H2,1H3. The van der Waals surface area contributed by atoms with Crippen LogP contribution in [0, 0.1) is 5.92 Å². The molecule has 1 amide bonds. The van der Waals surface area contributed by atoms with Gasteiger partial charge >= 0.3 is 0 Å². The molecule has 86 valence electrons. The maximum atomic E-state index is 11.6. The molecule has 16 heavy (non-hydrogen) atoms. The molecule has 1 unspecified atom stereocenters. The zero-order chi connectivity index (χ0) is 11.7. The zero-order valence-electron chi connectivity index (χ0n) is 8.91. The average Bonchev–Trinajstić information content (AvgIpc) is 2.51. The molecule has 0 bridgehead atoms. The molecule has 3 nitrogen and oxygen atoms in total. The van der Waals surface area contributed by atoms with Gasteiger partial charge in [0.2, 0.25) is 5.91 Å². The molecule has 2 rings (SSSR count). The summed E-state index contributed by atoms with van der Waals surface area (Å²) in [6.45, 7) is 3.27. The highest BCUT2D eigenvalue weighted by Crippen LogP contribution is 2.23. The summed E-state index contributed by atoms with van der Waals surface area (Å²) in [5.74, 6) is 0.566. The van der Waals surface area contributed by atoms with Crippen LogP contribution in [-0.2, 0) is 11.3 Å². The van der Waals surface area contributed by atoms with Crippen molar-refractivity contribution in [2.24, 2.45) is 5.92 Å². The predicted molar refractivity (Wildman–Crippen MR) is 63.5 cm³/mol. The van der Waals surface area contributed by atoms with Crippen LogP contribution in [0.3, 0.4) is 0 Å². The Hall–Kier alpha value is -0.800. The van der Waals surface area contributed by atoms with E-state index in [0.29, 0.717) is 34.8 Å². The number of aromatic nitrogens is 1. The van der Waals surface area contributed by atoms with Crippen LogP contribution in [-0.4, -0.2) is 22.3 Å². The second-order valence-corrected chi connectivity index (χ2v) is 4.94. The van der Waals surface area contributed by atoms with E-state index in [2.05, 4.69) is 11.9 Å². The highest BCUT2D eigenvalue weighted by molar-refractivity contribution is 6.32. The lowest BCUT2D eigenvalue weighted by atomic mass is 10.2. The summed E-state index contributed by atoms with van der Waals surface area (Å²) in [7, 11) is 0. The smallest absolute Gasteiger partial charge is 0.223 e. The summed E-state index contributed by atoms with van der Waals surface area (Å²) in [6.07, 6.45) is 0.609. The van der Waals surface area contributed by atoms with Gasteiger partial charge in [0.15, 0.2) is 0 Å². The van der Waals surface area contributed by atoms with E-state index in [1.807, 2.05) is 0 Å². The Morgan fingerprint density at radius 1 is 1.50 bits per heavy atom. The Bertz CT molecular complexity index is 422. The summed E-state index contributed by atoms with van der Waals surface area (Å²) >= 11 is 11.8. The highest BCUT2D eigenvalue weighted by Gasteiger charge is 2.27. The van der Waals surface area contributed by atoms with Crippen LogP contribution >= 0.6 is 23.2 Å². The van der Waals surface area contributed by atoms with Gasteiger partial charge in [-0.2, -0.15) is 0 Å². The first-order chi connectivity index (χ1) is 7.56. The van der Waals surface area contributed by atoms with E-state index >= 15 is 0 Å². The van der Waals surface area contributed by atoms with Gasteiger partial charge in [-0.1, -0.05) is 30.1 Å². The summed E-state index contributed by atoms with van der Waals surface area (Å²) in [5.41, 5.74) is 0.664. The number of nitrogens with zero attached hydrogens (tertiary/aromatic N) is 2. The van der Waals surface area contributed by atoms with E-state index < -0.39 is 0 Å². The number of hydrogen-bond acceptors (Lipinski definition) is 2. The van der Waals surface area contributed by atoms with Gasteiger partial charge < -0.3 is 4.90 Å². The zero-order valence-corrected chi connectivity index (χ0v) is 10.4. The number of carbonyl (C=O) groups is 1. The fraction of sp³-hybridized carbons (Fsp3) is 0.455. The van der Waals surface area contributed by atoms with Crippen LogP contribution in [0.1, 0.15) is 19.0 Å². The van der Waals surface area contributed by atoms with Crippen LogP contribution in [0.4, 0.5) is 0 Å². The summed E-state index contributed by atoms with van der Waals surface area (Å²) < 4.78 is 0. The van der Waals surface area contributed by atoms with E-state index in [1.165, 1.54) is 0 Å². The Morgan fingerprint density at radius 3 is 2.88 bits per heavy atom. The number of pyridine rings is 1. The molecule has 1 aromatic heterocycles. The van der Waals surface area contributed by atoms with Crippen molar-refractivity contribution in [2.45, 2.75) is 19.9 Å². The molecular weight excluding hydrogens is 247 g/mol. The first kappa shape index (κ1) is 11.7. The molecule has 1 aromatic rings. The fourth-order valence-corrected chi connectivity index (χ4v) is 2.20. The van der Waals surface area contributed by atoms with Crippen molar-refractivity contribution in [1.29, 1.82) is 0 Å². The van der Waals surface area contributed by atoms with E-state index in [4.69, 9.17) is 23.2 Å². The molecular formula is C11H12Cl2N2O. The van der Waals surface area contributed by atoms with Gasteiger partial charge in [-0.25, -0.2) is 4.98 Å². The molecule has 1 aliphatic rings. The SMILES string of the molecule is CC1CC(=O)N(Cc2nc(Cl)ccc2Cl)C1. The quantitative estimate of drug-likeness (QED) is 0.765. The molecule has 2 heterocycles.